The molecule has 0 unspecified atom stereocenters. The minimum absolute atomic E-state index is 0.00505. The maximum Gasteiger partial charge on any atom is 0.234 e. The summed E-state index contributed by atoms with van der Waals surface area (Å²) in [6.07, 6.45) is 3.84. The Bertz CT molecular complexity index is 684. The molecule has 5 heteroatoms. The predicted octanol–water partition coefficient (Wildman–Crippen LogP) is 2.06. The van der Waals surface area contributed by atoms with E-state index in [0.717, 1.165) is 35.3 Å². The molecule has 3 rings (SSSR count). The third kappa shape index (κ3) is 2.10. The smallest absolute Gasteiger partial charge is 0.234 e. The van der Waals surface area contributed by atoms with Crippen molar-refractivity contribution in [2.75, 3.05) is 18.4 Å². The summed E-state index contributed by atoms with van der Waals surface area (Å²) in [7, 11) is 0. The predicted molar refractivity (Wildman–Crippen MR) is 79.5 cm³/mol. The van der Waals surface area contributed by atoms with E-state index in [9.17, 15) is 4.79 Å². The molecule has 3 N–H and O–H groups in total. The zero-order valence-corrected chi connectivity index (χ0v) is 11.7. The first-order valence-corrected chi connectivity index (χ1v) is 6.73. The van der Waals surface area contributed by atoms with Crippen molar-refractivity contribution in [2.24, 2.45) is 5.41 Å². The number of anilines is 1. The molecule has 1 aromatic carbocycles. The second kappa shape index (κ2) is 4.76. The number of benzene rings is 1. The number of fused-ring (bicyclic) bond motifs is 1. The van der Waals surface area contributed by atoms with Crippen molar-refractivity contribution in [3.05, 3.63) is 36.0 Å². The number of nitrogens with one attached hydrogen (secondary N) is 3. The molecular weight excluding hydrogens is 252 g/mol. The summed E-state index contributed by atoms with van der Waals surface area (Å²) in [5.74, 6) is -0.00505. The first-order chi connectivity index (χ1) is 9.59. The zero-order chi connectivity index (χ0) is 14.2. The summed E-state index contributed by atoms with van der Waals surface area (Å²) in [5, 5.41) is 14.2. The Hall–Kier alpha value is -2.14. The molecule has 0 bridgehead atoms. The first-order valence-electron chi connectivity index (χ1n) is 6.73. The SMILES string of the molecule is CC(C)(C(=O)Nc1cccc2cn[nH]c12)C1=CCNC1. The van der Waals surface area contributed by atoms with E-state index in [1.165, 1.54) is 0 Å². The second-order valence-electron chi connectivity index (χ2n) is 5.58. The lowest BCUT2D eigenvalue weighted by atomic mass is 9.83. The molecule has 104 valence electrons. The third-order valence-corrected chi connectivity index (χ3v) is 3.90. The number of aromatic amines is 1. The Morgan fingerprint density at radius 2 is 2.25 bits per heavy atom. The Balaban J connectivity index is 1.87. The van der Waals surface area contributed by atoms with Crippen LogP contribution < -0.4 is 10.6 Å². The largest absolute Gasteiger partial charge is 0.323 e. The van der Waals surface area contributed by atoms with Crippen molar-refractivity contribution in [3.8, 4) is 0 Å². The van der Waals surface area contributed by atoms with Gasteiger partial charge in [0.15, 0.2) is 0 Å². The van der Waals surface area contributed by atoms with Crippen LogP contribution in [0.2, 0.25) is 0 Å². The monoisotopic (exact) mass is 270 g/mol. The van der Waals surface area contributed by atoms with E-state index in [-0.39, 0.29) is 5.91 Å². The molecule has 0 aliphatic carbocycles. The lowest BCUT2D eigenvalue weighted by molar-refractivity contribution is -0.122. The van der Waals surface area contributed by atoms with Crippen LogP contribution in [0.15, 0.2) is 36.0 Å². The standard InChI is InChI=1S/C15H18N4O/c1-15(2,11-6-7-16-9-11)14(20)18-12-5-3-4-10-8-17-19-13(10)12/h3-6,8,16H,7,9H2,1-2H3,(H,17,19)(H,18,20). The van der Waals surface area contributed by atoms with Gasteiger partial charge in [0.25, 0.3) is 0 Å². The van der Waals surface area contributed by atoms with E-state index < -0.39 is 5.41 Å². The van der Waals surface area contributed by atoms with Gasteiger partial charge in [-0.1, -0.05) is 18.2 Å². The van der Waals surface area contributed by atoms with Crippen molar-refractivity contribution >= 4 is 22.5 Å². The highest BCUT2D eigenvalue weighted by atomic mass is 16.2. The molecule has 20 heavy (non-hydrogen) atoms. The van der Waals surface area contributed by atoms with Crippen LogP contribution in [0, 0.1) is 5.41 Å². The topological polar surface area (TPSA) is 69.8 Å². The van der Waals surface area contributed by atoms with Gasteiger partial charge in [0, 0.05) is 18.5 Å². The number of hydrogen-bond acceptors (Lipinski definition) is 3. The minimum atomic E-state index is -0.522. The number of rotatable bonds is 3. The number of aromatic nitrogens is 2. The maximum absolute atomic E-state index is 12.6. The van der Waals surface area contributed by atoms with Crippen LogP contribution in [-0.2, 0) is 4.79 Å². The Labute approximate surface area is 117 Å². The summed E-state index contributed by atoms with van der Waals surface area (Å²) < 4.78 is 0. The quantitative estimate of drug-likeness (QED) is 0.748. The molecule has 1 amide bonds. The average molecular weight is 270 g/mol. The van der Waals surface area contributed by atoms with Gasteiger partial charge in [-0.05, 0) is 25.5 Å². The van der Waals surface area contributed by atoms with Crippen LogP contribution in [0.1, 0.15) is 13.8 Å². The van der Waals surface area contributed by atoms with E-state index in [1.807, 2.05) is 32.0 Å². The van der Waals surface area contributed by atoms with Gasteiger partial charge in [-0.3, -0.25) is 9.89 Å². The number of carbonyl (C=O) groups excluding carboxylic acids is 1. The molecule has 2 heterocycles. The van der Waals surface area contributed by atoms with Crippen LogP contribution in [0.3, 0.4) is 0 Å². The highest BCUT2D eigenvalue weighted by Crippen LogP contribution is 2.30. The Morgan fingerprint density at radius 3 is 3.00 bits per heavy atom. The number of para-hydroxylation sites is 1. The second-order valence-corrected chi connectivity index (χ2v) is 5.58. The fourth-order valence-electron chi connectivity index (χ4n) is 2.45. The van der Waals surface area contributed by atoms with Gasteiger partial charge in [-0.25, -0.2) is 0 Å². The molecular formula is C15H18N4O. The van der Waals surface area contributed by atoms with Crippen LogP contribution in [-0.4, -0.2) is 29.2 Å². The lowest BCUT2D eigenvalue weighted by Crippen LogP contribution is -2.34. The van der Waals surface area contributed by atoms with Crippen molar-refractivity contribution in [1.29, 1.82) is 0 Å². The van der Waals surface area contributed by atoms with Crippen molar-refractivity contribution in [2.45, 2.75) is 13.8 Å². The highest BCUT2D eigenvalue weighted by Gasteiger charge is 2.33. The van der Waals surface area contributed by atoms with Gasteiger partial charge in [-0.15, -0.1) is 0 Å². The molecule has 0 atom stereocenters. The van der Waals surface area contributed by atoms with Gasteiger partial charge < -0.3 is 10.6 Å². The fourth-order valence-corrected chi connectivity index (χ4v) is 2.45. The van der Waals surface area contributed by atoms with E-state index in [4.69, 9.17) is 0 Å². The summed E-state index contributed by atoms with van der Waals surface area (Å²) in [6.45, 7) is 5.51. The molecule has 0 spiro atoms. The number of nitrogens with zero attached hydrogens (tertiary/aromatic N) is 1. The Morgan fingerprint density at radius 1 is 1.40 bits per heavy atom. The molecule has 0 radical (unpaired) electrons. The lowest BCUT2D eigenvalue weighted by Gasteiger charge is -2.25. The fraction of sp³-hybridized carbons (Fsp3) is 0.333. The maximum atomic E-state index is 12.6. The number of H-pyrrole nitrogens is 1. The van der Waals surface area contributed by atoms with E-state index in [2.05, 4.69) is 26.9 Å². The van der Waals surface area contributed by atoms with Gasteiger partial charge in [0.1, 0.15) is 0 Å². The summed E-state index contributed by atoms with van der Waals surface area (Å²) in [6, 6.07) is 5.76. The highest BCUT2D eigenvalue weighted by molar-refractivity contribution is 6.03. The van der Waals surface area contributed by atoms with Gasteiger partial charge in [0.2, 0.25) is 5.91 Å². The van der Waals surface area contributed by atoms with Gasteiger partial charge in [0.05, 0.1) is 22.8 Å². The van der Waals surface area contributed by atoms with Crippen molar-refractivity contribution in [3.63, 3.8) is 0 Å². The third-order valence-electron chi connectivity index (χ3n) is 3.90. The van der Waals surface area contributed by atoms with Crippen molar-refractivity contribution in [1.82, 2.24) is 15.5 Å². The molecule has 0 saturated carbocycles. The van der Waals surface area contributed by atoms with Crippen LogP contribution in [0.25, 0.3) is 10.9 Å². The first kappa shape index (κ1) is 12.9. The van der Waals surface area contributed by atoms with Crippen LogP contribution in [0.5, 0.6) is 0 Å². The molecule has 5 nitrogen and oxygen atoms in total. The van der Waals surface area contributed by atoms with Crippen molar-refractivity contribution < 1.29 is 4.79 Å². The molecule has 1 aromatic heterocycles. The molecule has 1 aliphatic heterocycles. The number of hydrogen-bond donors (Lipinski definition) is 3. The molecule has 2 aromatic rings. The summed E-state index contributed by atoms with van der Waals surface area (Å²) >= 11 is 0. The zero-order valence-electron chi connectivity index (χ0n) is 11.7. The molecule has 0 fully saturated rings. The number of amides is 1. The molecule has 1 aliphatic rings. The summed E-state index contributed by atoms with van der Waals surface area (Å²) in [4.78, 5) is 12.6. The van der Waals surface area contributed by atoms with E-state index in [1.54, 1.807) is 6.20 Å². The summed E-state index contributed by atoms with van der Waals surface area (Å²) in [5.41, 5.74) is 2.23. The van der Waals surface area contributed by atoms with E-state index >= 15 is 0 Å². The van der Waals surface area contributed by atoms with E-state index in [0.29, 0.717) is 0 Å². The van der Waals surface area contributed by atoms with Gasteiger partial charge in [-0.2, -0.15) is 5.10 Å². The number of carbonyl (C=O) groups is 1. The van der Waals surface area contributed by atoms with Crippen LogP contribution >= 0.6 is 0 Å². The average Bonchev–Trinajstić information content (AvgIpc) is 3.10. The van der Waals surface area contributed by atoms with Crippen LogP contribution in [0.4, 0.5) is 5.69 Å². The normalized spacial score (nSPS) is 15.4. The minimum Gasteiger partial charge on any atom is -0.323 e. The molecule has 0 saturated heterocycles. The Kier molecular flexibility index (Phi) is 3.06. The van der Waals surface area contributed by atoms with Gasteiger partial charge >= 0.3 is 0 Å².